The lowest BCUT2D eigenvalue weighted by atomic mass is 10.2. The van der Waals surface area contributed by atoms with Crippen molar-refractivity contribution in [1.82, 2.24) is 9.55 Å². The quantitative estimate of drug-likeness (QED) is 0.344. The van der Waals surface area contributed by atoms with Crippen LogP contribution in [0.15, 0.2) is 21.9 Å². The van der Waals surface area contributed by atoms with E-state index in [4.69, 9.17) is 19.4 Å². The molecule has 1 aliphatic heterocycles. The second kappa shape index (κ2) is 6.83. The van der Waals surface area contributed by atoms with Crippen LogP contribution in [0.3, 0.4) is 0 Å². The van der Waals surface area contributed by atoms with Gasteiger partial charge in [0.15, 0.2) is 0 Å². The van der Waals surface area contributed by atoms with Gasteiger partial charge in [-0.15, -0.1) is 0 Å². The Kier molecular flexibility index (Phi) is 5.50. The fourth-order valence-corrected chi connectivity index (χ4v) is 3.65. The van der Waals surface area contributed by atoms with Crippen molar-refractivity contribution in [2.24, 2.45) is 0 Å². The van der Waals surface area contributed by atoms with E-state index in [0.717, 1.165) is 12.3 Å². The van der Waals surface area contributed by atoms with Crippen LogP contribution in [0.2, 0.25) is 0 Å². The monoisotopic (exact) mass is 406 g/mol. The summed E-state index contributed by atoms with van der Waals surface area (Å²) in [4.78, 5) is 50.4. The van der Waals surface area contributed by atoms with Crippen molar-refractivity contribution in [3.05, 3.63) is 33.1 Å². The van der Waals surface area contributed by atoms with E-state index in [0.29, 0.717) is 4.57 Å². The predicted octanol–water partition coefficient (Wildman–Crippen LogP) is -1.51. The fourth-order valence-electron chi connectivity index (χ4n) is 2.05. The highest BCUT2D eigenvalue weighted by Gasteiger charge is 2.49. The second-order valence-corrected chi connectivity index (χ2v) is 7.76. The minimum atomic E-state index is -5.34. The van der Waals surface area contributed by atoms with E-state index in [1.807, 2.05) is 0 Å². The topological polar surface area (TPSA) is 198 Å². The van der Waals surface area contributed by atoms with Crippen molar-refractivity contribution in [3.8, 4) is 0 Å². The normalized spacial score (nSPS) is 29.5. The summed E-state index contributed by atoms with van der Waals surface area (Å²) in [5, 5.41) is 9.76. The Morgan fingerprint density at radius 1 is 1.40 bits per heavy atom. The Balaban J connectivity index is 2.11. The number of hydrogen-bond donors (Lipinski definition) is 5. The third kappa shape index (κ3) is 5.14. The molecule has 1 fully saturated rings. The number of aliphatic hydroxyl groups is 1. The average molecular weight is 406 g/mol. The Labute approximate surface area is 137 Å². The number of hydrogen-bond acceptors (Lipinski definition) is 8. The van der Waals surface area contributed by atoms with Gasteiger partial charge in [-0.2, -0.15) is 8.70 Å². The summed E-state index contributed by atoms with van der Waals surface area (Å²) in [6, 6.07) is 0.831. The maximum Gasteiger partial charge on any atom is 0.481 e. The maximum absolute atomic E-state index is 14.7. The molecule has 1 aromatic heterocycles. The Bertz CT molecular complexity index is 848. The summed E-state index contributed by atoms with van der Waals surface area (Å²) in [5.74, 6) is -2.89. The summed E-state index contributed by atoms with van der Waals surface area (Å²) >= 11 is 0. The average Bonchev–Trinajstić information content (AvgIpc) is 2.69. The molecular formula is C9H13FN2O11P2. The number of aromatic nitrogens is 2. The van der Waals surface area contributed by atoms with Gasteiger partial charge in [0.25, 0.3) is 11.5 Å². The third-order valence-corrected chi connectivity index (χ3v) is 5.17. The van der Waals surface area contributed by atoms with E-state index in [1.165, 1.54) is 0 Å². The van der Waals surface area contributed by atoms with E-state index >= 15 is 0 Å². The second-order valence-electron chi connectivity index (χ2n) is 4.93. The Morgan fingerprint density at radius 3 is 2.60 bits per heavy atom. The van der Waals surface area contributed by atoms with Crippen molar-refractivity contribution >= 4 is 15.6 Å². The fraction of sp³-hybridized carbons (Fsp3) is 0.556. The highest BCUT2D eigenvalue weighted by molar-refractivity contribution is 7.60. The zero-order chi connectivity index (χ0) is 19.0. The minimum Gasteiger partial charge on any atom is -0.390 e. The van der Waals surface area contributed by atoms with Gasteiger partial charge in [0.2, 0.25) is 0 Å². The van der Waals surface area contributed by atoms with Crippen LogP contribution in [-0.2, 0) is 28.7 Å². The number of ether oxygens (including phenoxy) is 1. The van der Waals surface area contributed by atoms with Gasteiger partial charge >= 0.3 is 21.3 Å². The Hall–Kier alpha value is -1.21. The number of nitrogens with zero attached hydrogens (tertiary/aromatic N) is 1. The standard InChI is InChI=1S/C9H13FN2O11P2/c10-9(12-2-1-7(14)11-8(12)15)3-5(13)6(22-9)4-21-25(19,20)23-24(16,17)18/h1-2,5-6,13H,3-4H2,(H,19,20)(H,11,14,15)(H2,16,17,18)/t5-,6+,9-/m0/s1. The maximum atomic E-state index is 14.7. The largest absolute Gasteiger partial charge is 0.481 e. The summed E-state index contributed by atoms with van der Waals surface area (Å²) in [6.45, 7) is -0.987. The van der Waals surface area contributed by atoms with E-state index in [1.54, 1.807) is 4.98 Å². The first-order valence-electron chi connectivity index (χ1n) is 6.43. The molecule has 16 heteroatoms. The number of phosphoric acid groups is 2. The van der Waals surface area contributed by atoms with Crippen molar-refractivity contribution in [1.29, 1.82) is 0 Å². The highest BCUT2D eigenvalue weighted by atomic mass is 31.3. The van der Waals surface area contributed by atoms with Crippen LogP contribution < -0.4 is 11.2 Å². The van der Waals surface area contributed by atoms with Gasteiger partial charge < -0.3 is 24.5 Å². The molecular weight excluding hydrogens is 393 g/mol. The Morgan fingerprint density at radius 2 is 2.04 bits per heavy atom. The van der Waals surface area contributed by atoms with Gasteiger partial charge in [-0.05, 0) is 0 Å². The number of nitrogens with one attached hydrogen (secondary N) is 1. The molecule has 0 saturated carbocycles. The molecule has 0 bridgehead atoms. The first kappa shape index (κ1) is 20.1. The molecule has 2 heterocycles. The number of alkyl halides is 1. The molecule has 4 atom stereocenters. The molecule has 1 saturated heterocycles. The molecule has 13 nitrogen and oxygen atoms in total. The molecule has 0 spiro atoms. The SMILES string of the molecule is O=c1ccn([C@@]2(F)C[C@H](O)[C@@H](COP(=O)(O)OP(=O)(O)O)O2)c(=O)[nH]1. The summed E-state index contributed by atoms with van der Waals surface area (Å²) in [7, 11) is -10.6. The van der Waals surface area contributed by atoms with Crippen LogP contribution in [0.25, 0.3) is 0 Å². The number of phosphoric ester groups is 1. The smallest absolute Gasteiger partial charge is 0.390 e. The summed E-state index contributed by atoms with van der Waals surface area (Å²) in [5.41, 5.74) is -1.96. The number of rotatable bonds is 6. The number of halogens is 1. The lowest BCUT2D eigenvalue weighted by Gasteiger charge is -2.22. The van der Waals surface area contributed by atoms with Gasteiger partial charge in [0.05, 0.1) is 19.1 Å². The number of H-pyrrole nitrogens is 1. The summed E-state index contributed by atoms with van der Waals surface area (Å²) < 4.78 is 49.5. The molecule has 1 aliphatic rings. The molecule has 5 N–H and O–H groups in total. The molecule has 1 aromatic rings. The lowest BCUT2D eigenvalue weighted by Crippen LogP contribution is -2.41. The van der Waals surface area contributed by atoms with Crippen molar-refractivity contribution < 1.29 is 46.9 Å². The van der Waals surface area contributed by atoms with Gasteiger partial charge in [0, 0.05) is 12.3 Å². The molecule has 25 heavy (non-hydrogen) atoms. The van der Waals surface area contributed by atoms with Gasteiger partial charge in [-0.3, -0.25) is 14.3 Å². The van der Waals surface area contributed by atoms with Crippen LogP contribution in [0.5, 0.6) is 0 Å². The zero-order valence-corrected chi connectivity index (χ0v) is 13.9. The highest BCUT2D eigenvalue weighted by Crippen LogP contribution is 2.57. The van der Waals surface area contributed by atoms with Crippen LogP contribution >= 0.6 is 15.6 Å². The molecule has 1 unspecified atom stereocenters. The zero-order valence-electron chi connectivity index (χ0n) is 12.1. The van der Waals surface area contributed by atoms with Crippen LogP contribution in [-0.4, -0.2) is 48.2 Å². The van der Waals surface area contributed by atoms with Crippen LogP contribution in [0.1, 0.15) is 6.42 Å². The van der Waals surface area contributed by atoms with Crippen molar-refractivity contribution in [2.45, 2.75) is 24.6 Å². The van der Waals surface area contributed by atoms with Gasteiger partial charge in [0.1, 0.15) is 6.10 Å². The molecule has 142 valence electrons. The molecule has 0 aromatic carbocycles. The van der Waals surface area contributed by atoms with E-state index in [-0.39, 0.29) is 0 Å². The van der Waals surface area contributed by atoms with Gasteiger partial charge in [-0.1, -0.05) is 0 Å². The molecule has 0 aliphatic carbocycles. The van der Waals surface area contributed by atoms with E-state index in [2.05, 4.69) is 8.83 Å². The first-order chi connectivity index (χ1) is 11.3. The van der Waals surface area contributed by atoms with E-state index < -0.39 is 58.1 Å². The van der Waals surface area contributed by atoms with Crippen molar-refractivity contribution in [3.63, 3.8) is 0 Å². The number of aliphatic hydroxyl groups excluding tert-OH is 1. The van der Waals surface area contributed by atoms with Crippen molar-refractivity contribution in [2.75, 3.05) is 6.61 Å². The predicted molar refractivity (Wildman–Crippen MR) is 74.8 cm³/mol. The minimum absolute atomic E-state index is 0.350. The number of aromatic amines is 1. The first-order valence-corrected chi connectivity index (χ1v) is 9.45. The molecule has 0 amide bonds. The van der Waals surface area contributed by atoms with Crippen LogP contribution in [0, 0.1) is 0 Å². The lowest BCUT2D eigenvalue weighted by molar-refractivity contribution is -0.204. The molecule has 2 rings (SSSR count). The summed E-state index contributed by atoms with van der Waals surface area (Å²) in [6.07, 6.45) is -3.20. The van der Waals surface area contributed by atoms with Crippen LogP contribution in [0.4, 0.5) is 4.39 Å². The molecule has 0 radical (unpaired) electrons. The third-order valence-electron chi connectivity index (χ3n) is 3.02. The van der Waals surface area contributed by atoms with E-state index in [9.17, 15) is 28.2 Å². The van der Waals surface area contributed by atoms with Gasteiger partial charge in [-0.25, -0.2) is 18.5 Å².